The number of ether oxygens (including phenoxy) is 1. The molecule has 1 aromatic carbocycles. The number of amides is 2. The Balaban J connectivity index is 1.98. The summed E-state index contributed by atoms with van der Waals surface area (Å²) in [4.78, 5) is 27.5. The van der Waals surface area contributed by atoms with Crippen LogP contribution >= 0.6 is 0 Å². The third-order valence-corrected chi connectivity index (χ3v) is 3.04. The molecule has 120 valence electrons. The van der Waals surface area contributed by atoms with Crippen molar-refractivity contribution in [3.05, 3.63) is 48.2 Å². The van der Waals surface area contributed by atoms with E-state index in [2.05, 4.69) is 15.6 Å². The first-order chi connectivity index (χ1) is 11.1. The van der Waals surface area contributed by atoms with Crippen LogP contribution in [0.3, 0.4) is 0 Å². The van der Waals surface area contributed by atoms with Crippen LogP contribution in [0.4, 0.5) is 11.4 Å². The number of carbonyl (C=O) groups excluding carboxylic acids is 2. The van der Waals surface area contributed by atoms with Crippen LogP contribution in [0, 0.1) is 0 Å². The first-order valence-electron chi connectivity index (χ1n) is 7.42. The highest BCUT2D eigenvalue weighted by Gasteiger charge is 2.07. The second-order valence-corrected chi connectivity index (χ2v) is 4.75. The monoisotopic (exact) mass is 313 g/mol. The van der Waals surface area contributed by atoms with Crippen LogP contribution in [-0.2, 0) is 4.79 Å². The zero-order valence-electron chi connectivity index (χ0n) is 13.1. The highest BCUT2D eigenvalue weighted by Crippen LogP contribution is 2.15. The molecule has 0 aliphatic rings. The van der Waals surface area contributed by atoms with Gasteiger partial charge in [0.1, 0.15) is 0 Å². The van der Waals surface area contributed by atoms with Crippen LogP contribution in [0.5, 0.6) is 5.88 Å². The van der Waals surface area contributed by atoms with E-state index in [1.54, 1.807) is 43.3 Å². The Hall–Kier alpha value is -2.89. The van der Waals surface area contributed by atoms with Gasteiger partial charge in [-0.2, -0.15) is 0 Å². The van der Waals surface area contributed by atoms with E-state index in [9.17, 15) is 9.59 Å². The van der Waals surface area contributed by atoms with E-state index in [0.29, 0.717) is 35.8 Å². The maximum absolute atomic E-state index is 12.1. The summed E-state index contributed by atoms with van der Waals surface area (Å²) in [6.45, 7) is 4.18. The summed E-state index contributed by atoms with van der Waals surface area (Å²) >= 11 is 0. The first kappa shape index (κ1) is 16.5. The molecule has 6 heteroatoms. The van der Waals surface area contributed by atoms with Gasteiger partial charge in [-0.15, -0.1) is 0 Å². The SMILES string of the molecule is CCOc1ccc(C(=O)Nc2ccc(NC(=O)CC)cc2)cn1. The highest BCUT2D eigenvalue weighted by molar-refractivity contribution is 6.04. The zero-order valence-corrected chi connectivity index (χ0v) is 13.1. The van der Waals surface area contributed by atoms with Gasteiger partial charge in [-0.3, -0.25) is 9.59 Å². The minimum absolute atomic E-state index is 0.0535. The van der Waals surface area contributed by atoms with Crippen LogP contribution in [0.1, 0.15) is 30.6 Å². The third kappa shape index (κ3) is 4.81. The van der Waals surface area contributed by atoms with Crippen molar-refractivity contribution in [1.82, 2.24) is 4.98 Å². The summed E-state index contributed by atoms with van der Waals surface area (Å²) in [6, 6.07) is 10.2. The number of pyridine rings is 1. The average Bonchev–Trinajstić information content (AvgIpc) is 2.57. The molecule has 2 aromatic rings. The smallest absolute Gasteiger partial charge is 0.257 e. The fourth-order valence-corrected chi connectivity index (χ4v) is 1.84. The largest absolute Gasteiger partial charge is 0.478 e. The number of benzene rings is 1. The fraction of sp³-hybridized carbons (Fsp3) is 0.235. The van der Waals surface area contributed by atoms with E-state index >= 15 is 0 Å². The van der Waals surface area contributed by atoms with Crippen molar-refractivity contribution in [2.45, 2.75) is 20.3 Å². The molecule has 1 aromatic heterocycles. The number of nitrogens with one attached hydrogen (secondary N) is 2. The molecule has 0 bridgehead atoms. The number of carbonyl (C=O) groups is 2. The standard InChI is InChI=1S/C17H19N3O3/c1-3-15(21)19-13-6-8-14(9-7-13)20-17(22)12-5-10-16(18-11-12)23-4-2/h5-11H,3-4H2,1-2H3,(H,19,21)(H,20,22). The van der Waals surface area contributed by atoms with Crippen molar-refractivity contribution in [1.29, 1.82) is 0 Å². The number of aromatic nitrogens is 1. The van der Waals surface area contributed by atoms with E-state index in [4.69, 9.17) is 4.74 Å². The van der Waals surface area contributed by atoms with E-state index in [1.807, 2.05) is 6.92 Å². The van der Waals surface area contributed by atoms with Gasteiger partial charge in [0.15, 0.2) is 0 Å². The molecule has 2 rings (SSSR count). The van der Waals surface area contributed by atoms with Crippen LogP contribution in [0.25, 0.3) is 0 Å². The summed E-state index contributed by atoms with van der Waals surface area (Å²) < 4.78 is 5.24. The Kier molecular flexibility index (Phi) is 5.68. The predicted molar refractivity (Wildman–Crippen MR) is 88.7 cm³/mol. The van der Waals surface area contributed by atoms with Gasteiger partial charge in [-0.1, -0.05) is 6.92 Å². The summed E-state index contributed by atoms with van der Waals surface area (Å²) in [5.41, 5.74) is 1.77. The van der Waals surface area contributed by atoms with Crippen LogP contribution in [-0.4, -0.2) is 23.4 Å². The third-order valence-electron chi connectivity index (χ3n) is 3.04. The molecule has 23 heavy (non-hydrogen) atoms. The topological polar surface area (TPSA) is 80.3 Å². The Morgan fingerprint density at radius 1 is 1.00 bits per heavy atom. The molecule has 0 radical (unpaired) electrons. The van der Waals surface area contributed by atoms with E-state index in [-0.39, 0.29) is 11.8 Å². The van der Waals surface area contributed by atoms with Crippen molar-refractivity contribution in [3.8, 4) is 5.88 Å². The van der Waals surface area contributed by atoms with Gasteiger partial charge < -0.3 is 15.4 Å². The van der Waals surface area contributed by atoms with Crippen molar-refractivity contribution in [3.63, 3.8) is 0 Å². The molecular weight excluding hydrogens is 294 g/mol. The molecule has 0 atom stereocenters. The lowest BCUT2D eigenvalue weighted by molar-refractivity contribution is -0.115. The molecule has 0 fully saturated rings. The van der Waals surface area contributed by atoms with Crippen molar-refractivity contribution < 1.29 is 14.3 Å². The molecule has 0 aliphatic carbocycles. The lowest BCUT2D eigenvalue weighted by atomic mass is 10.2. The van der Waals surface area contributed by atoms with Crippen LogP contribution in [0.15, 0.2) is 42.6 Å². The maximum Gasteiger partial charge on any atom is 0.257 e. The van der Waals surface area contributed by atoms with Gasteiger partial charge in [0.2, 0.25) is 11.8 Å². The van der Waals surface area contributed by atoms with Gasteiger partial charge >= 0.3 is 0 Å². The molecule has 0 unspecified atom stereocenters. The molecule has 2 amide bonds. The Bertz CT molecular complexity index is 666. The molecular formula is C17H19N3O3. The fourth-order valence-electron chi connectivity index (χ4n) is 1.84. The number of rotatable bonds is 6. The second-order valence-electron chi connectivity index (χ2n) is 4.75. The van der Waals surface area contributed by atoms with Crippen molar-refractivity contribution in [2.24, 2.45) is 0 Å². The Morgan fingerprint density at radius 3 is 2.17 bits per heavy atom. The van der Waals surface area contributed by atoms with Gasteiger partial charge in [0.25, 0.3) is 5.91 Å². The van der Waals surface area contributed by atoms with Crippen LogP contribution in [0.2, 0.25) is 0 Å². The van der Waals surface area contributed by atoms with E-state index in [0.717, 1.165) is 0 Å². The van der Waals surface area contributed by atoms with Crippen LogP contribution < -0.4 is 15.4 Å². The van der Waals surface area contributed by atoms with E-state index < -0.39 is 0 Å². The van der Waals surface area contributed by atoms with Gasteiger partial charge in [-0.05, 0) is 37.3 Å². The minimum atomic E-state index is -0.258. The lowest BCUT2D eigenvalue weighted by Gasteiger charge is -2.08. The van der Waals surface area contributed by atoms with E-state index in [1.165, 1.54) is 6.20 Å². The molecule has 2 N–H and O–H groups in total. The maximum atomic E-state index is 12.1. The van der Waals surface area contributed by atoms with Gasteiger partial charge in [0, 0.05) is 30.1 Å². The second kappa shape index (κ2) is 7.93. The minimum Gasteiger partial charge on any atom is -0.478 e. The zero-order chi connectivity index (χ0) is 16.7. The first-order valence-corrected chi connectivity index (χ1v) is 7.42. The van der Waals surface area contributed by atoms with Gasteiger partial charge in [-0.25, -0.2) is 4.98 Å². The molecule has 0 aliphatic heterocycles. The number of hydrogen-bond acceptors (Lipinski definition) is 4. The summed E-state index contributed by atoms with van der Waals surface area (Å²) in [6.07, 6.45) is 1.89. The predicted octanol–water partition coefficient (Wildman–Crippen LogP) is 3.08. The molecule has 6 nitrogen and oxygen atoms in total. The quantitative estimate of drug-likeness (QED) is 0.859. The summed E-state index contributed by atoms with van der Waals surface area (Å²) in [5.74, 6) is 0.174. The highest BCUT2D eigenvalue weighted by atomic mass is 16.5. The molecule has 0 saturated carbocycles. The summed E-state index contributed by atoms with van der Waals surface area (Å²) in [7, 11) is 0. The average molecular weight is 313 g/mol. The molecule has 1 heterocycles. The molecule has 0 spiro atoms. The summed E-state index contributed by atoms with van der Waals surface area (Å²) in [5, 5.41) is 5.52. The van der Waals surface area contributed by atoms with Crippen molar-refractivity contribution >= 4 is 23.2 Å². The number of nitrogens with zero attached hydrogens (tertiary/aromatic N) is 1. The number of hydrogen-bond donors (Lipinski definition) is 2. The Labute approximate surface area is 134 Å². The lowest BCUT2D eigenvalue weighted by Crippen LogP contribution is -2.13. The van der Waals surface area contributed by atoms with Crippen molar-refractivity contribution in [2.75, 3.05) is 17.2 Å². The van der Waals surface area contributed by atoms with Gasteiger partial charge in [0.05, 0.1) is 12.2 Å². The normalized spacial score (nSPS) is 10.0. The number of anilines is 2. The Morgan fingerprint density at radius 2 is 1.65 bits per heavy atom. The molecule has 0 saturated heterocycles.